The first-order chi connectivity index (χ1) is 12.2. The quantitative estimate of drug-likeness (QED) is 0.583. The second kappa shape index (κ2) is 6.13. The fourth-order valence-corrected chi connectivity index (χ4v) is 2.64. The second-order valence-electron chi connectivity index (χ2n) is 5.64. The number of nitrogens with two attached hydrogens (primary N) is 1. The number of benzene rings is 3. The van der Waals surface area contributed by atoms with Gasteiger partial charge >= 0.3 is 0 Å². The molecular formula is C20H15N3O2. The van der Waals surface area contributed by atoms with E-state index >= 15 is 0 Å². The zero-order valence-corrected chi connectivity index (χ0v) is 13.3. The molecule has 0 aliphatic rings. The molecule has 5 nitrogen and oxygen atoms in total. The Bertz CT molecular complexity index is 1040. The van der Waals surface area contributed by atoms with Gasteiger partial charge in [0.25, 0.3) is 0 Å². The third kappa shape index (κ3) is 3.07. The average Bonchev–Trinajstić information content (AvgIpc) is 3.06. The second-order valence-corrected chi connectivity index (χ2v) is 5.64. The summed E-state index contributed by atoms with van der Waals surface area (Å²) in [5.41, 5.74) is 9.88. The largest absolute Gasteiger partial charge is 0.436 e. The molecule has 5 heteroatoms. The molecule has 122 valence electrons. The minimum atomic E-state index is -0.455. The van der Waals surface area contributed by atoms with Crippen LogP contribution in [0.25, 0.3) is 22.6 Å². The number of nitrogens with zero attached hydrogens (tertiary/aromatic N) is 1. The number of carbonyl (C=O) groups excluding carboxylic acids is 1. The van der Waals surface area contributed by atoms with Gasteiger partial charge in [0.1, 0.15) is 5.52 Å². The summed E-state index contributed by atoms with van der Waals surface area (Å²) in [6.45, 7) is 0. The van der Waals surface area contributed by atoms with E-state index in [0.717, 1.165) is 28.0 Å². The molecule has 0 atom stereocenters. The molecule has 0 bridgehead atoms. The lowest BCUT2D eigenvalue weighted by Crippen LogP contribution is -2.10. The van der Waals surface area contributed by atoms with Gasteiger partial charge < -0.3 is 15.5 Å². The summed E-state index contributed by atoms with van der Waals surface area (Å²) >= 11 is 0. The van der Waals surface area contributed by atoms with E-state index in [2.05, 4.69) is 10.3 Å². The smallest absolute Gasteiger partial charge is 0.248 e. The molecule has 1 aromatic heterocycles. The van der Waals surface area contributed by atoms with Crippen LogP contribution in [0, 0.1) is 0 Å². The van der Waals surface area contributed by atoms with Crippen LogP contribution in [-0.2, 0) is 0 Å². The predicted octanol–water partition coefficient (Wildman–Crippen LogP) is 4.34. The molecule has 1 heterocycles. The van der Waals surface area contributed by atoms with Crippen molar-refractivity contribution in [1.82, 2.24) is 4.98 Å². The van der Waals surface area contributed by atoms with E-state index in [0.29, 0.717) is 11.5 Å². The Balaban J connectivity index is 1.65. The van der Waals surface area contributed by atoms with Gasteiger partial charge in [-0.15, -0.1) is 0 Å². The number of fused-ring (bicyclic) bond motifs is 1. The SMILES string of the molecule is NC(=O)c1cccc(Nc2cccc(-c3nc4ccccc4o3)c2)c1. The summed E-state index contributed by atoms with van der Waals surface area (Å²) < 4.78 is 5.81. The average molecular weight is 329 g/mol. The van der Waals surface area contributed by atoms with Gasteiger partial charge in [-0.1, -0.05) is 24.3 Å². The minimum Gasteiger partial charge on any atom is -0.436 e. The Labute approximate surface area is 144 Å². The van der Waals surface area contributed by atoms with Crippen LogP contribution in [-0.4, -0.2) is 10.9 Å². The van der Waals surface area contributed by atoms with Crippen LogP contribution in [0.1, 0.15) is 10.4 Å². The van der Waals surface area contributed by atoms with Crippen LogP contribution in [0.2, 0.25) is 0 Å². The molecule has 0 radical (unpaired) electrons. The molecule has 25 heavy (non-hydrogen) atoms. The summed E-state index contributed by atoms with van der Waals surface area (Å²) in [6, 6.07) is 22.5. The first kappa shape index (κ1) is 15.0. The van der Waals surface area contributed by atoms with Crippen LogP contribution in [0.15, 0.2) is 77.2 Å². The number of anilines is 2. The number of primary amides is 1. The van der Waals surface area contributed by atoms with Crippen molar-refractivity contribution >= 4 is 28.4 Å². The van der Waals surface area contributed by atoms with Gasteiger partial charge in [0.05, 0.1) is 0 Å². The van der Waals surface area contributed by atoms with Gasteiger partial charge in [0.2, 0.25) is 11.8 Å². The predicted molar refractivity (Wildman–Crippen MR) is 97.7 cm³/mol. The number of para-hydroxylation sites is 2. The van der Waals surface area contributed by atoms with Crippen molar-refractivity contribution in [2.45, 2.75) is 0 Å². The molecular weight excluding hydrogens is 314 g/mol. The highest BCUT2D eigenvalue weighted by atomic mass is 16.3. The van der Waals surface area contributed by atoms with Gasteiger partial charge in [-0.3, -0.25) is 4.79 Å². The van der Waals surface area contributed by atoms with E-state index in [4.69, 9.17) is 10.2 Å². The highest BCUT2D eigenvalue weighted by molar-refractivity contribution is 5.94. The van der Waals surface area contributed by atoms with Gasteiger partial charge in [0, 0.05) is 22.5 Å². The molecule has 0 saturated carbocycles. The van der Waals surface area contributed by atoms with Crippen LogP contribution < -0.4 is 11.1 Å². The van der Waals surface area contributed by atoms with Crippen molar-refractivity contribution in [1.29, 1.82) is 0 Å². The molecule has 1 amide bonds. The number of amides is 1. The standard InChI is InChI=1S/C20H15N3O2/c21-19(24)13-5-3-7-15(11-13)22-16-8-4-6-14(12-16)20-23-17-9-1-2-10-18(17)25-20/h1-12,22H,(H2,21,24). The lowest BCUT2D eigenvalue weighted by Gasteiger charge is -2.08. The Morgan fingerprint density at radius 1 is 0.920 bits per heavy atom. The number of oxazole rings is 1. The highest BCUT2D eigenvalue weighted by Crippen LogP contribution is 2.27. The zero-order chi connectivity index (χ0) is 17.2. The van der Waals surface area contributed by atoms with Crippen molar-refractivity contribution in [3.63, 3.8) is 0 Å². The van der Waals surface area contributed by atoms with Crippen molar-refractivity contribution in [2.24, 2.45) is 5.73 Å². The van der Waals surface area contributed by atoms with Crippen molar-refractivity contribution in [3.8, 4) is 11.5 Å². The maximum Gasteiger partial charge on any atom is 0.248 e. The van der Waals surface area contributed by atoms with Gasteiger partial charge in [0.15, 0.2) is 5.58 Å². The van der Waals surface area contributed by atoms with Crippen LogP contribution >= 0.6 is 0 Å². The fourth-order valence-electron chi connectivity index (χ4n) is 2.64. The van der Waals surface area contributed by atoms with Gasteiger partial charge in [-0.2, -0.15) is 0 Å². The topological polar surface area (TPSA) is 81.2 Å². The third-order valence-corrected chi connectivity index (χ3v) is 3.84. The maximum absolute atomic E-state index is 11.3. The summed E-state index contributed by atoms with van der Waals surface area (Å²) in [5, 5.41) is 3.27. The Kier molecular flexibility index (Phi) is 3.67. The van der Waals surface area contributed by atoms with Crippen LogP contribution in [0.4, 0.5) is 11.4 Å². The first-order valence-corrected chi connectivity index (χ1v) is 7.82. The summed E-state index contributed by atoms with van der Waals surface area (Å²) in [7, 11) is 0. The molecule has 0 spiro atoms. The van der Waals surface area contributed by atoms with Crippen molar-refractivity contribution < 1.29 is 9.21 Å². The van der Waals surface area contributed by atoms with E-state index in [1.165, 1.54) is 0 Å². The van der Waals surface area contributed by atoms with E-state index in [-0.39, 0.29) is 0 Å². The lowest BCUT2D eigenvalue weighted by atomic mass is 10.1. The van der Waals surface area contributed by atoms with Gasteiger partial charge in [-0.05, 0) is 48.5 Å². The molecule has 0 fully saturated rings. The minimum absolute atomic E-state index is 0.455. The molecule has 0 unspecified atom stereocenters. The molecule has 0 aliphatic carbocycles. The molecule has 3 N–H and O–H groups in total. The molecule has 0 aliphatic heterocycles. The first-order valence-electron chi connectivity index (χ1n) is 7.82. The number of nitrogens with one attached hydrogen (secondary N) is 1. The maximum atomic E-state index is 11.3. The van der Waals surface area contributed by atoms with Crippen LogP contribution in [0.3, 0.4) is 0 Å². The fraction of sp³-hybridized carbons (Fsp3) is 0. The lowest BCUT2D eigenvalue weighted by molar-refractivity contribution is 0.100. The van der Waals surface area contributed by atoms with Gasteiger partial charge in [-0.25, -0.2) is 4.98 Å². The number of rotatable bonds is 4. The Morgan fingerprint density at radius 2 is 1.68 bits per heavy atom. The molecule has 4 rings (SSSR count). The van der Waals surface area contributed by atoms with Crippen LogP contribution in [0.5, 0.6) is 0 Å². The zero-order valence-electron chi connectivity index (χ0n) is 13.3. The van der Waals surface area contributed by atoms with E-state index < -0.39 is 5.91 Å². The number of hydrogen-bond acceptors (Lipinski definition) is 4. The normalized spacial score (nSPS) is 10.7. The Morgan fingerprint density at radius 3 is 2.48 bits per heavy atom. The molecule has 4 aromatic rings. The summed E-state index contributed by atoms with van der Waals surface area (Å²) in [4.78, 5) is 15.8. The number of carbonyl (C=O) groups is 1. The molecule has 0 saturated heterocycles. The number of hydrogen-bond donors (Lipinski definition) is 2. The van der Waals surface area contributed by atoms with E-state index in [1.807, 2.05) is 54.6 Å². The van der Waals surface area contributed by atoms with Crippen molar-refractivity contribution in [2.75, 3.05) is 5.32 Å². The highest BCUT2D eigenvalue weighted by Gasteiger charge is 2.08. The Hall–Kier alpha value is -3.60. The summed E-state index contributed by atoms with van der Waals surface area (Å²) in [6.07, 6.45) is 0. The van der Waals surface area contributed by atoms with E-state index in [9.17, 15) is 4.79 Å². The molecule has 3 aromatic carbocycles. The monoisotopic (exact) mass is 329 g/mol. The van der Waals surface area contributed by atoms with Crippen molar-refractivity contribution in [3.05, 3.63) is 78.4 Å². The number of aromatic nitrogens is 1. The van der Waals surface area contributed by atoms with E-state index in [1.54, 1.807) is 18.2 Å². The third-order valence-electron chi connectivity index (χ3n) is 3.84. The summed E-state index contributed by atoms with van der Waals surface area (Å²) in [5.74, 6) is 0.111.